The van der Waals surface area contributed by atoms with Crippen LogP contribution >= 0.6 is 11.5 Å². The SMILES string of the molecule is Cc1nsc(Nc2cc(F)c(F)cc2F)c1C#N. The average Bonchev–Trinajstić information content (AvgIpc) is 2.67. The van der Waals surface area contributed by atoms with E-state index in [0.29, 0.717) is 22.8 Å². The van der Waals surface area contributed by atoms with Gasteiger partial charge in [0.25, 0.3) is 0 Å². The second-order valence-electron chi connectivity index (χ2n) is 3.46. The first kappa shape index (κ1) is 12.4. The van der Waals surface area contributed by atoms with E-state index in [1.807, 2.05) is 6.07 Å². The van der Waals surface area contributed by atoms with Gasteiger partial charge >= 0.3 is 0 Å². The van der Waals surface area contributed by atoms with Crippen LogP contribution in [0.15, 0.2) is 12.1 Å². The highest BCUT2D eigenvalue weighted by atomic mass is 32.1. The third kappa shape index (κ3) is 2.15. The first-order valence-electron chi connectivity index (χ1n) is 4.81. The van der Waals surface area contributed by atoms with E-state index in [2.05, 4.69) is 9.69 Å². The minimum Gasteiger partial charge on any atom is -0.342 e. The van der Waals surface area contributed by atoms with E-state index in [4.69, 9.17) is 5.26 Å². The van der Waals surface area contributed by atoms with Crippen LogP contribution < -0.4 is 5.32 Å². The summed E-state index contributed by atoms with van der Waals surface area (Å²) >= 11 is 0.948. The molecule has 0 atom stereocenters. The monoisotopic (exact) mass is 269 g/mol. The molecule has 1 heterocycles. The molecule has 0 spiro atoms. The number of rotatable bonds is 2. The second-order valence-corrected chi connectivity index (χ2v) is 4.23. The molecule has 92 valence electrons. The number of nitrogens with one attached hydrogen (secondary N) is 1. The number of benzene rings is 1. The molecule has 0 saturated carbocycles. The Kier molecular flexibility index (Phi) is 3.21. The number of aromatic nitrogens is 1. The van der Waals surface area contributed by atoms with Crippen LogP contribution in [0.1, 0.15) is 11.3 Å². The number of halogens is 3. The van der Waals surface area contributed by atoms with Gasteiger partial charge in [0.15, 0.2) is 11.6 Å². The molecule has 0 aliphatic heterocycles. The molecule has 0 amide bonds. The Morgan fingerprint density at radius 1 is 1.22 bits per heavy atom. The Balaban J connectivity index is 2.41. The fraction of sp³-hybridized carbons (Fsp3) is 0.0909. The van der Waals surface area contributed by atoms with Crippen LogP contribution in [0.25, 0.3) is 0 Å². The van der Waals surface area contributed by atoms with Gasteiger partial charge in [-0.3, -0.25) is 0 Å². The molecule has 18 heavy (non-hydrogen) atoms. The van der Waals surface area contributed by atoms with Crippen molar-refractivity contribution in [1.82, 2.24) is 4.37 Å². The largest absolute Gasteiger partial charge is 0.342 e. The van der Waals surface area contributed by atoms with E-state index in [-0.39, 0.29) is 11.3 Å². The highest BCUT2D eigenvalue weighted by molar-refractivity contribution is 7.10. The molecular formula is C11H6F3N3S. The smallest absolute Gasteiger partial charge is 0.161 e. The van der Waals surface area contributed by atoms with Crippen LogP contribution in [0.4, 0.5) is 23.9 Å². The number of hydrogen-bond donors (Lipinski definition) is 1. The maximum atomic E-state index is 13.4. The molecule has 3 nitrogen and oxygen atoms in total. The summed E-state index contributed by atoms with van der Waals surface area (Å²) in [6.07, 6.45) is 0. The molecule has 0 fully saturated rings. The van der Waals surface area contributed by atoms with E-state index in [9.17, 15) is 13.2 Å². The Morgan fingerprint density at radius 3 is 2.56 bits per heavy atom. The predicted molar refractivity (Wildman–Crippen MR) is 61.2 cm³/mol. The maximum Gasteiger partial charge on any atom is 0.161 e. The van der Waals surface area contributed by atoms with Crippen LogP contribution in [0.2, 0.25) is 0 Å². The fourth-order valence-corrected chi connectivity index (χ4v) is 2.09. The van der Waals surface area contributed by atoms with Gasteiger partial charge in [-0.2, -0.15) is 9.64 Å². The van der Waals surface area contributed by atoms with Crippen molar-refractivity contribution in [1.29, 1.82) is 5.26 Å². The summed E-state index contributed by atoms with van der Waals surface area (Å²) in [5.41, 5.74) is 0.506. The number of anilines is 2. The van der Waals surface area contributed by atoms with Crippen molar-refractivity contribution < 1.29 is 13.2 Å². The molecule has 1 N–H and O–H groups in total. The fourth-order valence-electron chi connectivity index (χ4n) is 1.33. The molecule has 0 unspecified atom stereocenters. The van der Waals surface area contributed by atoms with E-state index in [1.165, 1.54) is 0 Å². The lowest BCUT2D eigenvalue weighted by Gasteiger charge is -2.05. The van der Waals surface area contributed by atoms with E-state index >= 15 is 0 Å². The summed E-state index contributed by atoms with van der Waals surface area (Å²) in [5, 5.41) is 11.7. The van der Waals surface area contributed by atoms with Crippen LogP contribution in [0.5, 0.6) is 0 Å². The van der Waals surface area contributed by atoms with Gasteiger partial charge in [0.2, 0.25) is 0 Å². The van der Waals surface area contributed by atoms with Crippen molar-refractivity contribution in [2.45, 2.75) is 6.92 Å². The van der Waals surface area contributed by atoms with Crippen LogP contribution in [0.3, 0.4) is 0 Å². The normalized spacial score (nSPS) is 10.2. The Labute approximate surface area is 105 Å². The van der Waals surface area contributed by atoms with Crippen LogP contribution in [-0.4, -0.2) is 4.37 Å². The van der Waals surface area contributed by atoms with Gasteiger partial charge in [-0.1, -0.05) is 0 Å². The van der Waals surface area contributed by atoms with Crippen molar-refractivity contribution in [2.24, 2.45) is 0 Å². The predicted octanol–water partition coefficient (Wildman–Crippen LogP) is 3.48. The summed E-state index contributed by atoms with van der Waals surface area (Å²) in [7, 11) is 0. The molecule has 2 aromatic rings. The number of aryl methyl sites for hydroxylation is 1. The summed E-state index contributed by atoms with van der Waals surface area (Å²) in [4.78, 5) is 0. The highest BCUT2D eigenvalue weighted by Gasteiger charge is 2.14. The quantitative estimate of drug-likeness (QED) is 0.849. The zero-order valence-electron chi connectivity index (χ0n) is 9.09. The highest BCUT2D eigenvalue weighted by Crippen LogP contribution is 2.29. The van der Waals surface area contributed by atoms with Gasteiger partial charge in [0, 0.05) is 12.1 Å². The van der Waals surface area contributed by atoms with Crippen molar-refractivity contribution in [3.05, 3.63) is 40.8 Å². The van der Waals surface area contributed by atoms with Crippen molar-refractivity contribution in [2.75, 3.05) is 5.32 Å². The average molecular weight is 269 g/mol. The van der Waals surface area contributed by atoms with Gasteiger partial charge in [-0.05, 0) is 18.5 Å². The first-order chi connectivity index (χ1) is 8.52. The van der Waals surface area contributed by atoms with Crippen LogP contribution in [-0.2, 0) is 0 Å². The first-order valence-corrected chi connectivity index (χ1v) is 5.58. The van der Waals surface area contributed by atoms with E-state index in [0.717, 1.165) is 11.5 Å². The second kappa shape index (κ2) is 4.66. The lowest BCUT2D eigenvalue weighted by molar-refractivity contribution is 0.496. The summed E-state index contributed by atoms with van der Waals surface area (Å²) < 4.78 is 43.0. The molecule has 0 aliphatic rings. The molecule has 2 rings (SSSR count). The molecule has 0 radical (unpaired) electrons. The number of nitriles is 1. The topological polar surface area (TPSA) is 48.7 Å². The Morgan fingerprint density at radius 2 is 1.89 bits per heavy atom. The van der Waals surface area contributed by atoms with Crippen molar-refractivity contribution in [3.8, 4) is 6.07 Å². The lowest BCUT2D eigenvalue weighted by atomic mass is 10.2. The number of nitrogens with zero attached hydrogens (tertiary/aromatic N) is 2. The molecule has 0 saturated heterocycles. The zero-order chi connectivity index (χ0) is 13.3. The van der Waals surface area contributed by atoms with Crippen molar-refractivity contribution >= 4 is 22.2 Å². The molecule has 1 aromatic heterocycles. The molecule has 0 aliphatic carbocycles. The minimum atomic E-state index is -1.26. The summed E-state index contributed by atoms with van der Waals surface area (Å²) in [6, 6.07) is 3.04. The van der Waals surface area contributed by atoms with Gasteiger partial charge < -0.3 is 5.32 Å². The summed E-state index contributed by atoms with van der Waals surface area (Å²) in [5.74, 6) is -3.37. The van der Waals surface area contributed by atoms with E-state index in [1.54, 1.807) is 6.92 Å². The van der Waals surface area contributed by atoms with Gasteiger partial charge in [0.05, 0.1) is 11.4 Å². The third-order valence-electron chi connectivity index (χ3n) is 2.23. The van der Waals surface area contributed by atoms with Crippen molar-refractivity contribution in [3.63, 3.8) is 0 Å². The Hall–Kier alpha value is -2.07. The lowest BCUT2D eigenvalue weighted by Crippen LogP contribution is -1.97. The maximum absolute atomic E-state index is 13.4. The molecule has 0 bridgehead atoms. The van der Waals surface area contributed by atoms with E-state index < -0.39 is 17.5 Å². The Bertz CT molecular complexity index is 646. The van der Waals surface area contributed by atoms with Gasteiger partial charge in [0.1, 0.15) is 22.5 Å². The number of hydrogen-bond acceptors (Lipinski definition) is 4. The van der Waals surface area contributed by atoms with Gasteiger partial charge in [-0.15, -0.1) is 0 Å². The standard InChI is InChI=1S/C11H6F3N3S/c1-5-6(4-15)11(18-17-5)16-10-3-8(13)7(12)2-9(10)14/h2-3,16H,1H3. The molecular weight excluding hydrogens is 263 g/mol. The van der Waals surface area contributed by atoms with Gasteiger partial charge in [-0.25, -0.2) is 13.2 Å². The van der Waals surface area contributed by atoms with Crippen LogP contribution in [0, 0.1) is 35.7 Å². The minimum absolute atomic E-state index is 0.242. The molecule has 7 heteroatoms. The zero-order valence-corrected chi connectivity index (χ0v) is 9.91. The summed E-state index contributed by atoms with van der Waals surface area (Å²) in [6.45, 7) is 1.63. The third-order valence-corrected chi connectivity index (χ3v) is 3.09. The molecule has 1 aromatic carbocycles.